The van der Waals surface area contributed by atoms with E-state index in [1.807, 2.05) is 13.8 Å². The first-order valence-electron chi connectivity index (χ1n) is 6.70. The maximum Gasteiger partial charge on any atom is 0.166 e. The van der Waals surface area contributed by atoms with Gasteiger partial charge in [0.1, 0.15) is 5.82 Å². The van der Waals surface area contributed by atoms with E-state index in [1.165, 1.54) is 12.1 Å². The van der Waals surface area contributed by atoms with Crippen molar-refractivity contribution in [3.05, 3.63) is 46.5 Å². The Balaban J connectivity index is 2.07. The number of halogens is 2. The molecule has 0 radical (unpaired) electrons. The van der Waals surface area contributed by atoms with Crippen molar-refractivity contribution in [2.45, 2.75) is 26.7 Å². The largest absolute Gasteiger partial charge is 0.294 e. The van der Waals surface area contributed by atoms with Gasteiger partial charge in [0.15, 0.2) is 11.6 Å². The van der Waals surface area contributed by atoms with Gasteiger partial charge in [0.2, 0.25) is 0 Å². The summed E-state index contributed by atoms with van der Waals surface area (Å²) in [5.74, 6) is -0.0307. The minimum absolute atomic E-state index is 0.0630. The van der Waals surface area contributed by atoms with Crippen molar-refractivity contribution in [1.29, 1.82) is 0 Å². The summed E-state index contributed by atoms with van der Waals surface area (Å²) in [6, 6.07) is 4.45. The van der Waals surface area contributed by atoms with Crippen LogP contribution in [0.2, 0.25) is 5.02 Å². The molecule has 3 rings (SSSR count). The Labute approximate surface area is 127 Å². The Morgan fingerprint density at radius 3 is 2.76 bits per heavy atom. The van der Waals surface area contributed by atoms with Gasteiger partial charge < -0.3 is 0 Å². The molecule has 1 aliphatic rings. The molecule has 0 spiro atoms. The third-order valence-corrected chi connectivity index (χ3v) is 3.94. The Morgan fingerprint density at radius 1 is 1.29 bits per heavy atom. The first-order chi connectivity index (χ1) is 9.85. The minimum atomic E-state index is -0.508. The van der Waals surface area contributed by atoms with Gasteiger partial charge in [0.25, 0.3) is 0 Å². The first kappa shape index (κ1) is 14.1. The number of carbonyl (C=O) groups excluding carboxylic acids is 1. The van der Waals surface area contributed by atoms with E-state index in [4.69, 9.17) is 11.6 Å². The topological polar surface area (TPSA) is 42.9 Å². The molecule has 2 aromatic rings. The van der Waals surface area contributed by atoms with Gasteiger partial charge >= 0.3 is 0 Å². The van der Waals surface area contributed by atoms with Crippen LogP contribution in [-0.2, 0) is 6.42 Å². The number of fused-ring (bicyclic) bond motifs is 1. The summed E-state index contributed by atoms with van der Waals surface area (Å²) in [6.45, 7) is 4.08. The Bertz CT molecular complexity index is 743. The van der Waals surface area contributed by atoms with Crippen molar-refractivity contribution in [3.8, 4) is 11.4 Å². The third-order valence-electron chi connectivity index (χ3n) is 3.63. The monoisotopic (exact) mass is 304 g/mol. The van der Waals surface area contributed by atoms with Crippen molar-refractivity contribution in [2.75, 3.05) is 0 Å². The summed E-state index contributed by atoms with van der Waals surface area (Å²) in [5, 5.41) is 0.0630. The molecule has 1 heterocycles. The fraction of sp³-hybridized carbons (Fsp3) is 0.312. The third kappa shape index (κ3) is 2.68. The predicted molar refractivity (Wildman–Crippen MR) is 78.9 cm³/mol. The van der Waals surface area contributed by atoms with E-state index < -0.39 is 5.82 Å². The molecule has 108 valence electrons. The summed E-state index contributed by atoms with van der Waals surface area (Å²) in [4.78, 5) is 20.7. The predicted octanol–water partition coefficient (Wildman–Crippen LogP) is 4.09. The quantitative estimate of drug-likeness (QED) is 0.797. The van der Waals surface area contributed by atoms with E-state index in [0.29, 0.717) is 29.8 Å². The second-order valence-electron chi connectivity index (χ2n) is 6.12. The van der Waals surface area contributed by atoms with Gasteiger partial charge in [-0.2, -0.15) is 0 Å². The van der Waals surface area contributed by atoms with Crippen LogP contribution in [0.1, 0.15) is 36.3 Å². The van der Waals surface area contributed by atoms with E-state index >= 15 is 0 Å². The molecule has 1 aromatic carbocycles. The molecule has 0 saturated heterocycles. The molecule has 0 N–H and O–H groups in total. The van der Waals surface area contributed by atoms with Gasteiger partial charge in [0, 0.05) is 18.2 Å². The normalized spacial score (nSPS) is 16.7. The smallest absolute Gasteiger partial charge is 0.166 e. The lowest BCUT2D eigenvalue weighted by molar-refractivity contribution is 0.0910. The number of ketones is 1. The van der Waals surface area contributed by atoms with Crippen LogP contribution in [-0.4, -0.2) is 15.8 Å². The zero-order valence-corrected chi connectivity index (χ0v) is 12.5. The maximum atomic E-state index is 13.5. The number of hydrogen-bond acceptors (Lipinski definition) is 3. The zero-order valence-electron chi connectivity index (χ0n) is 11.8. The van der Waals surface area contributed by atoms with E-state index in [-0.39, 0.29) is 16.2 Å². The summed E-state index contributed by atoms with van der Waals surface area (Å²) in [6.07, 6.45) is 2.75. The van der Waals surface area contributed by atoms with E-state index in [0.717, 1.165) is 5.69 Å². The van der Waals surface area contributed by atoms with E-state index in [9.17, 15) is 9.18 Å². The standard InChI is InChI=1S/C16H14ClFN2O/c1-16(2)6-13-10(14(21)7-16)8-19-15(20-13)9-3-4-11(17)12(18)5-9/h3-5,8H,6-7H2,1-2H3. The highest BCUT2D eigenvalue weighted by Crippen LogP contribution is 2.34. The minimum Gasteiger partial charge on any atom is -0.294 e. The highest BCUT2D eigenvalue weighted by molar-refractivity contribution is 6.30. The molecule has 1 aliphatic carbocycles. The molecule has 0 unspecified atom stereocenters. The van der Waals surface area contributed by atoms with Crippen molar-refractivity contribution in [2.24, 2.45) is 5.41 Å². The fourth-order valence-electron chi connectivity index (χ4n) is 2.60. The molecule has 3 nitrogen and oxygen atoms in total. The lowest BCUT2D eigenvalue weighted by Gasteiger charge is -2.29. The van der Waals surface area contributed by atoms with Crippen LogP contribution in [0.15, 0.2) is 24.4 Å². The highest BCUT2D eigenvalue weighted by atomic mass is 35.5. The van der Waals surface area contributed by atoms with Crippen LogP contribution in [0.5, 0.6) is 0 Å². The van der Waals surface area contributed by atoms with Crippen LogP contribution in [0.4, 0.5) is 4.39 Å². The summed E-state index contributed by atoms with van der Waals surface area (Å²) >= 11 is 5.68. The first-order valence-corrected chi connectivity index (χ1v) is 7.08. The van der Waals surface area contributed by atoms with Crippen molar-refractivity contribution < 1.29 is 9.18 Å². The molecule has 0 saturated carbocycles. The van der Waals surface area contributed by atoms with Crippen molar-refractivity contribution in [1.82, 2.24) is 9.97 Å². The SMILES string of the molecule is CC1(C)CC(=O)c2cnc(-c3ccc(Cl)c(F)c3)nc2C1. The van der Waals surface area contributed by atoms with Gasteiger partial charge in [-0.1, -0.05) is 25.4 Å². The number of carbonyl (C=O) groups is 1. The average molecular weight is 305 g/mol. The number of benzene rings is 1. The molecule has 0 aliphatic heterocycles. The molecule has 21 heavy (non-hydrogen) atoms. The van der Waals surface area contributed by atoms with Gasteiger partial charge in [-0.25, -0.2) is 14.4 Å². The fourth-order valence-corrected chi connectivity index (χ4v) is 2.72. The Hall–Kier alpha value is -1.81. The molecular formula is C16H14ClFN2O. The molecule has 0 fully saturated rings. The van der Waals surface area contributed by atoms with Gasteiger partial charge in [-0.05, 0) is 30.0 Å². The van der Waals surface area contributed by atoms with Crippen LogP contribution in [0.25, 0.3) is 11.4 Å². The maximum absolute atomic E-state index is 13.5. The summed E-state index contributed by atoms with van der Waals surface area (Å²) < 4.78 is 13.5. The second kappa shape index (κ2) is 4.88. The molecule has 0 amide bonds. The Morgan fingerprint density at radius 2 is 2.05 bits per heavy atom. The summed E-state index contributed by atoms with van der Waals surface area (Å²) in [7, 11) is 0. The van der Waals surface area contributed by atoms with E-state index in [1.54, 1.807) is 12.3 Å². The van der Waals surface area contributed by atoms with Crippen molar-refractivity contribution >= 4 is 17.4 Å². The second-order valence-corrected chi connectivity index (χ2v) is 6.53. The molecule has 0 bridgehead atoms. The average Bonchev–Trinajstić information content (AvgIpc) is 2.40. The molecule has 1 aromatic heterocycles. The highest BCUT2D eigenvalue weighted by Gasteiger charge is 2.32. The van der Waals surface area contributed by atoms with Crippen LogP contribution >= 0.6 is 11.6 Å². The summed E-state index contributed by atoms with van der Waals surface area (Å²) in [5.41, 5.74) is 1.75. The number of nitrogens with zero attached hydrogens (tertiary/aromatic N) is 2. The van der Waals surface area contributed by atoms with Crippen molar-refractivity contribution in [3.63, 3.8) is 0 Å². The molecular weight excluding hydrogens is 291 g/mol. The lowest BCUT2D eigenvalue weighted by atomic mass is 9.76. The molecule has 0 atom stereocenters. The van der Waals surface area contributed by atoms with Gasteiger partial charge in [0.05, 0.1) is 16.3 Å². The number of hydrogen-bond donors (Lipinski definition) is 0. The van der Waals surface area contributed by atoms with Crippen LogP contribution in [0, 0.1) is 11.2 Å². The number of aromatic nitrogens is 2. The number of Topliss-reactive ketones (excluding diaryl/α,β-unsaturated/α-hetero) is 1. The van der Waals surface area contributed by atoms with Gasteiger partial charge in [-0.3, -0.25) is 4.79 Å². The Kier molecular flexibility index (Phi) is 3.29. The lowest BCUT2D eigenvalue weighted by Crippen LogP contribution is -2.28. The number of rotatable bonds is 1. The van der Waals surface area contributed by atoms with Crippen LogP contribution in [0.3, 0.4) is 0 Å². The van der Waals surface area contributed by atoms with Gasteiger partial charge in [-0.15, -0.1) is 0 Å². The van der Waals surface area contributed by atoms with E-state index in [2.05, 4.69) is 9.97 Å². The zero-order chi connectivity index (χ0) is 15.2. The molecule has 5 heteroatoms. The van der Waals surface area contributed by atoms with Crippen LogP contribution < -0.4 is 0 Å².